The Morgan fingerprint density at radius 2 is 0.875 bits per heavy atom. The number of nitrogens with zero attached hydrogens (tertiary/aromatic N) is 2. The molecule has 0 unspecified atom stereocenters. The summed E-state index contributed by atoms with van der Waals surface area (Å²) < 4.78 is 3.82. The summed E-state index contributed by atoms with van der Waals surface area (Å²) in [6, 6.07) is 64.2. The first-order valence-corrected chi connectivity index (χ1v) is 20.5. The molecule has 0 radical (unpaired) electrons. The van der Waals surface area contributed by atoms with Crippen LogP contribution < -0.4 is 0 Å². The molecule has 0 saturated carbocycles. The standard InChI is InChI=1S/C52H30N2S2/c1-2-16-40-38(14-1)39-15-3-4-17-41(39)45-28-33(22-24-42(40)45)31-10-7-11-32(26-31)34-23-25-49-46(29-34)50-52(56-49)54-47(30-53-50)36-13-8-12-35(27-36)37-19-9-20-44-43-18-5-6-21-48(43)55-51(37)44/h1-30H. The number of thiophene rings is 2. The van der Waals surface area contributed by atoms with Crippen molar-refractivity contribution in [1.29, 1.82) is 0 Å². The van der Waals surface area contributed by atoms with E-state index in [1.165, 1.54) is 90.6 Å². The van der Waals surface area contributed by atoms with Gasteiger partial charge in [-0.1, -0.05) is 140 Å². The van der Waals surface area contributed by atoms with E-state index in [2.05, 4.69) is 176 Å². The van der Waals surface area contributed by atoms with Gasteiger partial charge >= 0.3 is 0 Å². The zero-order valence-corrected chi connectivity index (χ0v) is 31.7. The monoisotopic (exact) mass is 746 g/mol. The summed E-state index contributed by atoms with van der Waals surface area (Å²) in [6.45, 7) is 0. The van der Waals surface area contributed by atoms with Gasteiger partial charge in [0.2, 0.25) is 0 Å². The van der Waals surface area contributed by atoms with Crippen molar-refractivity contribution in [2.45, 2.75) is 0 Å². The smallest absolute Gasteiger partial charge is 0.143 e. The first-order chi connectivity index (χ1) is 27.7. The minimum atomic E-state index is 0.888. The summed E-state index contributed by atoms with van der Waals surface area (Å²) >= 11 is 3.57. The van der Waals surface area contributed by atoms with Crippen LogP contribution in [0.15, 0.2) is 182 Å². The molecule has 9 aromatic carbocycles. The third-order valence-corrected chi connectivity index (χ3v) is 13.6. The van der Waals surface area contributed by atoms with E-state index in [4.69, 9.17) is 9.97 Å². The maximum atomic E-state index is 5.19. The summed E-state index contributed by atoms with van der Waals surface area (Å²) in [5, 5.41) is 11.5. The van der Waals surface area contributed by atoms with Crippen LogP contribution in [0.4, 0.5) is 0 Å². The van der Waals surface area contributed by atoms with E-state index >= 15 is 0 Å². The molecule has 12 rings (SSSR count). The largest absolute Gasteiger partial charge is 0.251 e. The van der Waals surface area contributed by atoms with Crippen LogP contribution in [-0.2, 0) is 0 Å². The lowest BCUT2D eigenvalue weighted by molar-refractivity contribution is 1.32. The Morgan fingerprint density at radius 3 is 1.64 bits per heavy atom. The lowest BCUT2D eigenvalue weighted by Crippen LogP contribution is -1.87. The summed E-state index contributed by atoms with van der Waals surface area (Å²) in [4.78, 5) is 11.2. The highest BCUT2D eigenvalue weighted by atomic mass is 32.1. The predicted molar refractivity (Wildman–Crippen MR) is 242 cm³/mol. The quantitative estimate of drug-likeness (QED) is 0.168. The topological polar surface area (TPSA) is 25.8 Å². The molecule has 0 aliphatic carbocycles. The predicted octanol–water partition coefficient (Wildman–Crippen LogP) is 15.3. The summed E-state index contributed by atoms with van der Waals surface area (Å²) in [6.07, 6.45) is 1.94. The molecule has 2 nitrogen and oxygen atoms in total. The Kier molecular flexibility index (Phi) is 7.00. The molecule has 0 N–H and O–H groups in total. The van der Waals surface area contributed by atoms with Crippen molar-refractivity contribution in [1.82, 2.24) is 9.97 Å². The molecule has 56 heavy (non-hydrogen) atoms. The second-order valence-electron chi connectivity index (χ2n) is 14.5. The van der Waals surface area contributed by atoms with Crippen molar-refractivity contribution in [3.63, 3.8) is 0 Å². The highest BCUT2D eigenvalue weighted by molar-refractivity contribution is 7.26. The lowest BCUT2D eigenvalue weighted by Gasteiger charge is -2.12. The van der Waals surface area contributed by atoms with Gasteiger partial charge in [0.25, 0.3) is 0 Å². The van der Waals surface area contributed by atoms with Crippen LogP contribution in [0.2, 0.25) is 0 Å². The molecule has 0 fully saturated rings. The van der Waals surface area contributed by atoms with E-state index in [1.54, 1.807) is 11.3 Å². The molecule has 0 spiro atoms. The second-order valence-corrected chi connectivity index (χ2v) is 16.6. The van der Waals surface area contributed by atoms with E-state index in [-0.39, 0.29) is 0 Å². The number of aromatic nitrogens is 2. The van der Waals surface area contributed by atoms with Crippen LogP contribution in [0, 0.1) is 0 Å². The van der Waals surface area contributed by atoms with Gasteiger partial charge in [0, 0.05) is 35.8 Å². The molecular formula is C52H30N2S2. The van der Waals surface area contributed by atoms with Crippen LogP contribution in [0.1, 0.15) is 0 Å². The highest BCUT2D eigenvalue weighted by Crippen LogP contribution is 2.42. The van der Waals surface area contributed by atoms with Crippen molar-refractivity contribution >= 4 is 95.6 Å². The number of hydrogen-bond acceptors (Lipinski definition) is 4. The van der Waals surface area contributed by atoms with Crippen LogP contribution in [0.3, 0.4) is 0 Å². The van der Waals surface area contributed by atoms with Crippen molar-refractivity contribution in [2.75, 3.05) is 0 Å². The molecule has 12 aromatic rings. The maximum absolute atomic E-state index is 5.19. The van der Waals surface area contributed by atoms with Crippen LogP contribution in [-0.4, -0.2) is 9.97 Å². The second kappa shape index (κ2) is 12.4. The average molecular weight is 747 g/mol. The number of benzene rings is 9. The fraction of sp³-hybridized carbons (Fsp3) is 0. The average Bonchev–Trinajstić information content (AvgIpc) is 3.84. The Hall–Kier alpha value is -6.72. The van der Waals surface area contributed by atoms with Crippen molar-refractivity contribution in [2.24, 2.45) is 0 Å². The minimum absolute atomic E-state index is 0.888. The Balaban J connectivity index is 0.906. The van der Waals surface area contributed by atoms with Crippen molar-refractivity contribution in [3.05, 3.63) is 182 Å². The molecule has 0 saturated heterocycles. The minimum Gasteiger partial charge on any atom is -0.251 e. The van der Waals surface area contributed by atoms with Gasteiger partial charge in [0.1, 0.15) is 10.3 Å². The Morgan fingerprint density at radius 1 is 0.339 bits per heavy atom. The molecule has 4 heteroatoms. The van der Waals surface area contributed by atoms with E-state index in [1.807, 2.05) is 17.5 Å². The molecule has 0 aliphatic rings. The van der Waals surface area contributed by atoms with Gasteiger partial charge in [-0.05, 0) is 102 Å². The van der Waals surface area contributed by atoms with Gasteiger partial charge < -0.3 is 0 Å². The third-order valence-electron chi connectivity index (χ3n) is 11.3. The van der Waals surface area contributed by atoms with Gasteiger partial charge in [-0.3, -0.25) is 4.98 Å². The highest BCUT2D eigenvalue weighted by Gasteiger charge is 2.15. The molecular weight excluding hydrogens is 717 g/mol. The van der Waals surface area contributed by atoms with Crippen molar-refractivity contribution < 1.29 is 0 Å². The fourth-order valence-electron chi connectivity index (χ4n) is 8.64. The molecule has 3 heterocycles. The first kappa shape index (κ1) is 31.6. The molecule has 3 aromatic heterocycles. The van der Waals surface area contributed by atoms with E-state index in [9.17, 15) is 0 Å². The summed E-state index contributed by atoms with van der Waals surface area (Å²) in [5.74, 6) is 0. The summed E-state index contributed by atoms with van der Waals surface area (Å²) in [7, 11) is 0. The first-order valence-electron chi connectivity index (χ1n) is 18.9. The van der Waals surface area contributed by atoms with Gasteiger partial charge in [0.05, 0.1) is 11.9 Å². The van der Waals surface area contributed by atoms with Crippen LogP contribution in [0.5, 0.6) is 0 Å². The molecule has 0 aliphatic heterocycles. The molecule has 0 bridgehead atoms. The van der Waals surface area contributed by atoms with E-state index in [0.717, 1.165) is 27.0 Å². The number of hydrogen-bond donors (Lipinski definition) is 0. The number of fused-ring (bicyclic) bond motifs is 12. The van der Waals surface area contributed by atoms with Gasteiger partial charge in [-0.2, -0.15) is 0 Å². The van der Waals surface area contributed by atoms with Gasteiger partial charge in [-0.15, -0.1) is 22.7 Å². The number of rotatable bonds is 4. The zero-order valence-electron chi connectivity index (χ0n) is 30.0. The Bertz CT molecular complexity index is 3520. The van der Waals surface area contributed by atoms with Gasteiger partial charge in [0.15, 0.2) is 0 Å². The van der Waals surface area contributed by atoms with Gasteiger partial charge in [-0.25, -0.2) is 4.98 Å². The Labute approximate surface area is 330 Å². The molecule has 260 valence electrons. The summed E-state index contributed by atoms with van der Waals surface area (Å²) in [5.41, 5.74) is 10.1. The van der Waals surface area contributed by atoms with Crippen LogP contribution in [0.25, 0.3) is 118 Å². The van der Waals surface area contributed by atoms with Crippen molar-refractivity contribution in [3.8, 4) is 44.6 Å². The van der Waals surface area contributed by atoms with E-state index < -0.39 is 0 Å². The zero-order chi connectivity index (χ0) is 36.7. The SMILES string of the molecule is c1cc(-c2ccc3c4ccccc4c4ccccc4c3c2)cc(-c2ccc3sc4nc(-c5cccc(-c6cccc7c6sc6ccccc67)c5)cnc4c3c2)c1. The third kappa shape index (κ3) is 4.93. The lowest BCUT2D eigenvalue weighted by atomic mass is 9.91. The van der Waals surface area contributed by atoms with Crippen LogP contribution >= 0.6 is 22.7 Å². The fourth-order valence-corrected chi connectivity index (χ4v) is 10.9. The molecule has 0 amide bonds. The normalized spacial score (nSPS) is 11.9. The van der Waals surface area contributed by atoms with E-state index in [0.29, 0.717) is 0 Å². The maximum Gasteiger partial charge on any atom is 0.143 e. The molecule has 0 atom stereocenters.